The molecule has 0 aliphatic carbocycles. The molecule has 2 aromatic heterocycles. The van der Waals surface area contributed by atoms with E-state index in [1.807, 2.05) is 4.57 Å². The summed E-state index contributed by atoms with van der Waals surface area (Å²) in [6.45, 7) is 6.61. The minimum atomic E-state index is -0.401. The zero-order valence-electron chi connectivity index (χ0n) is 14.5. The third kappa shape index (κ3) is 3.06. The predicted octanol–water partition coefficient (Wildman–Crippen LogP) is 4.10. The second-order valence-electron chi connectivity index (χ2n) is 6.17. The first kappa shape index (κ1) is 17.6. The van der Waals surface area contributed by atoms with E-state index in [1.165, 1.54) is 29.0 Å². The van der Waals surface area contributed by atoms with Gasteiger partial charge in [-0.3, -0.25) is 4.79 Å². The van der Waals surface area contributed by atoms with Crippen LogP contribution in [0.5, 0.6) is 0 Å². The summed E-state index contributed by atoms with van der Waals surface area (Å²) in [5.41, 5.74) is 1.29. The number of hydrogen-bond donors (Lipinski definition) is 0. The lowest BCUT2D eigenvalue weighted by Crippen LogP contribution is -2.25. The molecule has 0 aliphatic heterocycles. The SMILES string of the molecule is CCC(CC)Cn1c(-c2cc(F)ccc2Cl)c(C)c(=O)n2ncnc12. The van der Waals surface area contributed by atoms with Gasteiger partial charge in [0.25, 0.3) is 5.56 Å². The van der Waals surface area contributed by atoms with Crippen molar-refractivity contribution >= 4 is 17.4 Å². The minimum absolute atomic E-state index is 0.274. The van der Waals surface area contributed by atoms with E-state index in [4.69, 9.17) is 11.6 Å². The number of aromatic nitrogens is 4. The van der Waals surface area contributed by atoms with Crippen molar-refractivity contribution in [3.05, 3.63) is 51.3 Å². The Labute approximate surface area is 150 Å². The maximum atomic E-state index is 13.9. The number of benzene rings is 1. The number of nitrogens with zero attached hydrogens (tertiary/aromatic N) is 4. The van der Waals surface area contributed by atoms with Gasteiger partial charge in [-0.25, -0.2) is 4.39 Å². The van der Waals surface area contributed by atoms with Crippen LogP contribution in [0.25, 0.3) is 17.0 Å². The fraction of sp³-hybridized carbons (Fsp3) is 0.389. The molecule has 0 saturated carbocycles. The number of fused-ring (bicyclic) bond motifs is 1. The lowest BCUT2D eigenvalue weighted by atomic mass is 10.0. The van der Waals surface area contributed by atoms with Crippen LogP contribution in [-0.4, -0.2) is 19.2 Å². The Morgan fingerprint density at radius 1 is 1.28 bits per heavy atom. The van der Waals surface area contributed by atoms with E-state index in [1.54, 1.807) is 6.92 Å². The molecule has 0 radical (unpaired) electrons. The Morgan fingerprint density at radius 2 is 2.00 bits per heavy atom. The average Bonchev–Trinajstić information content (AvgIpc) is 3.09. The maximum Gasteiger partial charge on any atom is 0.279 e. The molecule has 0 aliphatic rings. The van der Waals surface area contributed by atoms with E-state index < -0.39 is 5.82 Å². The number of rotatable bonds is 5. The largest absolute Gasteiger partial charge is 0.309 e. The van der Waals surface area contributed by atoms with Gasteiger partial charge in [-0.1, -0.05) is 38.3 Å². The van der Waals surface area contributed by atoms with Gasteiger partial charge in [0.15, 0.2) is 0 Å². The molecule has 7 heteroatoms. The van der Waals surface area contributed by atoms with Crippen LogP contribution in [0, 0.1) is 18.7 Å². The fourth-order valence-electron chi connectivity index (χ4n) is 3.13. The second kappa shape index (κ2) is 6.96. The molecule has 3 rings (SSSR count). The van der Waals surface area contributed by atoms with Crippen LogP contribution in [0.15, 0.2) is 29.3 Å². The van der Waals surface area contributed by atoms with Crippen LogP contribution in [0.3, 0.4) is 0 Å². The zero-order chi connectivity index (χ0) is 18.1. The van der Waals surface area contributed by atoms with Crippen molar-refractivity contribution < 1.29 is 4.39 Å². The van der Waals surface area contributed by atoms with Gasteiger partial charge < -0.3 is 4.57 Å². The fourth-order valence-corrected chi connectivity index (χ4v) is 3.34. The third-order valence-electron chi connectivity index (χ3n) is 4.69. The normalized spacial score (nSPS) is 11.6. The molecule has 25 heavy (non-hydrogen) atoms. The molecule has 2 heterocycles. The highest BCUT2D eigenvalue weighted by atomic mass is 35.5. The third-order valence-corrected chi connectivity index (χ3v) is 5.02. The summed E-state index contributed by atoms with van der Waals surface area (Å²) in [6.07, 6.45) is 3.33. The summed E-state index contributed by atoms with van der Waals surface area (Å²) < 4.78 is 17.1. The second-order valence-corrected chi connectivity index (χ2v) is 6.58. The van der Waals surface area contributed by atoms with Gasteiger partial charge in [0.1, 0.15) is 12.1 Å². The van der Waals surface area contributed by atoms with Crippen molar-refractivity contribution in [3.63, 3.8) is 0 Å². The molecular formula is C18H20ClFN4O. The van der Waals surface area contributed by atoms with Gasteiger partial charge >= 0.3 is 0 Å². The summed E-state index contributed by atoms with van der Waals surface area (Å²) in [5.74, 6) is 0.438. The van der Waals surface area contributed by atoms with E-state index in [0.717, 1.165) is 12.8 Å². The lowest BCUT2D eigenvalue weighted by Gasteiger charge is -2.21. The van der Waals surface area contributed by atoms with Gasteiger partial charge in [-0.15, -0.1) is 0 Å². The standard InChI is InChI=1S/C18H20ClFN4O/c1-4-12(5-2)9-23-16(14-8-13(20)6-7-15(14)19)11(3)17(25)24-18(23)21-10-22-24/h6-8,10,12H,4-5,9H2,1-3H3. The van der Waals surface area contributed by atoms with Crippen molar-refractivity contribution in [2.24, 2.45) is 5.92 Å². The first-order chi connectivity index (χ1) is 12.0. The summed E-state index contributed by atoms with van der Waals surface area (Å²) in [7, 11) is 0. The highest BCUT2D eigenvalue weighted by Gasteiger charge is 2.21. The topological polar surface area (TPSA) is 52.2 Å². The molecule has 0 spiro atoms. The molecule has 0 atom stereocenters. The molecule has 0 unspecified atom stereocenters. The quantitative estimate of drug-likeness (QED) is 0.686. The Kier molecular flexibility index (Phi) is 4.90. The highest BCUT2D eigenvalue weighted by molar-refractivity contribution is 6.33. The molecule has 5 nitrogen and oxygen atoms in total. The van der Waals surface area contributed by atoms with Gasteiger partial charge in [0, 0.05) is 17.7 Å². The number of halogens is 2. The smallest absolute Gasteiger partial charge is 0.279 e. The van der Waals surface area contributed by atoms with E-state index in [9.17, 15) is 9.18 Å². The van der Waals surface area contributed by atoms with Crippen molar-refractivity contribution in [1.82, 2.24) is 19.2 Å². The predicted molar refractivity (Wildman–Crippen MR) is 96.5 cm³/mol. The molecular weight excluding hydrogens is 343 g/mol. The molecule has 0 bridgehead atoms. The molecule has 0 saturated heterocycles. The van der Waals surface area contributed by atoms with Crippen molar-refractivity contribution in [3.8, 4) is 11.3 Å². The minimum Gasteiger partial charge on any atom is -0.309 e. The van der Waals surface area contributed by atoms with Crippen LogP contribution in [0.4, 0.5) is 4.39 Å². The van der Waals surface area contributed by atoms with Crippen molar-refractivity contribution in [2.75, 3.05) is 0 Å². The summed E-state index contributed by atoms with van der Waals surface area (Å²) >= 11 is 6.33. The van der Waals surface area contributed by atoms with E-state index in [0.29, 0.717) is 40.1 Å². The number of hydrogen-bond acceptors (Lipinski definition) is 3. The van der Waals surface area contributed by atoms with Gasteiger partial charge in [-0.2, -0.15) is 14.6 Å². The molecule has 0 N–H and O–H groups in total. The first-order valence-corrected chi connectivity index (χ1v) is 8.74. The van der Waals surface area contributed by atoms with Crippen LogP contribution in [0.1, 0.15) is 32.3 Å². The Hall–Kier alpha value is -2.21. The summed E-state index contributed by atoms with van der Waals surface area (Å²) in [5, 5.41) is 4.43. The maximum absolute atomic E-state index is 13.9. The van der Waals surface area contributed by atoms with Crippen LogP contribution < -0.4 is 5.56 Å². The lowest BCUT2D eigenvalue weighted by molar-refractivity contribution is 0.421. The molecule has 3 aromatic rings. The van der Waals surface area contributed by atoms with Crippen LogP contribution in [-0.2, 0) is 6.54 Å². The van der Waals surface area contributed by atoms with Crippen LogP contribution in [0.2, 0.25) is 5.02 Å². The van der Waals surface area contributed by atoms with E-state index in [2.05, 4.69) is 23.9 Å². The van der Waals surface area contributed by atoms with Crippen molar-refractivity contribution in [2.45, 2.75) is 40.2 Å². The molecule has 1 aromatic carbocycles. The van der Waals surface area contributed by atoms with Crippen LogP contribution >= 0.6 is 11.6 Å². The van der Waals surface area contributed by atoms with E-state index >= 15 is 0 Å². The van der Waals surface area contributed by atoms with Gasteiger partial charge in [0.2, 0.25) is 5.78 Å². The first-order valence-electron chi connectivity index (χ1n) is 8.36. The monoisotopic (exact) mass is 362 g/mol. The molecule has 0 fully saturated rings. The molecule has 0 amide bonds. The Balaban J connectivity index is 2.38. The summed E-state index contributed by atoms with van der Waals surface area (Å²) in [4.78, 5) is 16.9. The van der Waals surface area contributed by atoms with E-state index in [-0.39, 0.29) is 5.56 Å². The van der Waals surface area contributed by atoms with Crippen molar-refractivity contribution in [1.29, 1.82) is 0 Å². The Morgan fingerprint density at radius 3 is 2.68 bits per heavy atom. The zero-order valence-corrected chi connectivity index (χ0v) is 15.2. The Bertz CT molecular complexity index is 975. The molecule has 132 valence electrons. The average molecular weight is 363 g/mol. The van der Waals surface area contributed by atoms with Gasteiger partial charge in [0.05, 0.1) is 10.7 Å². The summed E-state index contributed by atoms with van der Waals surface area (Å²) in [6, 6.07) is 4.17. The van der Waals surface area contributed by atoms with Gasteiger partial charge in [-0.05, 0) is 31.0 Å². The highest BCUT2D eigenvalue weighted by Crippen LogP contribution is 2.31.